The molecule has 2 aliphatic rings. The maximum atomic E-state index is 12.1. The van der Waals surface area contributed by atoms with Gasteiger partial charge >= 0.3 is 0 Å². The summed E-state index contributed by atoms with van der Waals surface area (Å²) >= 11 is 0. The highest BCUT2D eigenvalue weighted by molar-refractivity contribution is 5.81. The molecule has 4 nitrogen and oxygen atoms in total. The number of hydrogen-bond donors (Lipinski definition) is 2. The molecule has 1 aliphatic carbocycles. The van der Waals surface area contributed by atoms with Crippen LogP contribution in [0.15, 0.2) is 0 Å². The summed E-state index contributed by atoms with van der Waals surface area (Å²) in [7, 11) is 0. The van der Waals surface area contributed by atoms with E-state index in [1.165, 1.54) is 12.8 Å². The number of carbonyl (C=O) groups is 1. The van der Waals surface area contributed by atoms with Gasteiger partial charge in [0.2, 0.25) is 5.91 Å². The molecule has 110 valence electrons. The van der Waals surface area contributed by atoms with Gasteiger partial charge in [-0.05, 0) is 37.5 Å². The molecule has 4 unspecified atom stereocenters. The molecule has 1 aliphatic heterocycles. The average Bonchev–Trinajstić information content (AvgIpc) is 2.80. The molecule has 0 spiro atoms. The lowest BCUT2D eigenvalue weighted by atomic mass is 9.78. The maximum absolute atomic E-state index is 12.1. The zero-order valence-electron chi connectivity index (χ0n) is 12.6. The second-order valence-electron chi connectivity index (χ2n) is 6.79. The number of carbonyl (C=O) groups excluding carboxylic acids is 1. The van der Waals surface area contributed by atoms with E-state index in [0.717, 1.165) is 26.1 Å². The quantitative estimate of drug-likeness (QED) is 0.805. The summed E-state index contributed by atoms with van der Waals surface area (Å²) in [6, 6.07) is 0.325. The highest BCUT2D eigenvalue weighted by Crippen LogP contribution is 2.36. The van der Waals surface area contributed by atoms with Gasteiger partial charge in [0.15, 0.2) is 0 Å². The lowest BCUT2D eigenvalue weighted by Gasteiger charge is -2.30. The van der Waals surface area contributed by atoms with Crippen LogP contribution in [0.2, 0.25) is 0 Å². The first kappa shape index (κ1) is 14.8. The van der Waals surface area contributed by atoms with Crippen molar-refractivity contribution in [3.05, 3.63) is 0 Å². The third-order valence-electron chi connectivity index (χ3n) is 4.79. The smallest absolute Gasteiger partial charge is 0.237 e. The summed E-state index contributed by atoms with van der Waals surface area (Å²) in [6.45, 7) is 9.08. The van der Waals surface area contributed by atoms with Crippen molar-refractivity contribution in [1.82, 2.24) is 10.2 Å². The molecular formula is C15H29N3O. The molecule has 0 radical (unpaired) electrons. The number of nitrogens with two attached hydrogens (primary N) is 1. The maximum Gasteiger partial charge on any atom is 0.237 e. The van der Waals surface area contributed by atoms with Crippen molar-refractivity contribution in [2.75, 3.05) is 19.6 Å². The summed E-state index contributed by atoms with van der Waals surface area (Å²) in [5.41, 5.74) is 6.23. The van der Waals surface area contributed by atoms with Crippen molar-refractivity contribution in [2.45, 2.75) is 52.1 Å². The van der Waals surface area contributed by atoms with Gasteiger partial charge in [-0.15, -0.1) is 0 Å². The molecule has 2 rings (SSSR count). The Morgan fingerprint density at radius 1 is 1.32 bits per heavy atom. The highest BCUT2D eigenvalue weighted by atomic mass is 16.2. The van der Waals surface area contributed by atoms with Crippen LogP contribution >= 0.6 is 0 Å². The number of rotatable bonds is 4. The first-order chi connectivity index (χ1) is 8.99. The fourth-order valence-corrected chi connectivity index (χ4v) is 3.49. The van der Waals surface area contributed by atoms with E-state index in [4.69, 9.17) is 5.73 Å². The lowest BCUT2D eigenvalue weighted by molar-refractivity contribution is -0.125. The third kappa shape index (κ3) is 3.48. The Balaban J connectivity index is 1.87. The fraction of sp³-hybridized carbons (Fsp3) is 0.933. The number of nitrogens with zero attached hydrogens (tertiary/aromatic N) is 1. The molecule has 1 saturated carbocycles. The predicted molar refractivity (Wildman–Crippen MR) is 77.7 cm³/mol. The lowest BCUT2D eigenvalue weighted by Crippen LogP contribution is -2.45. The van der Waals surface area contributed by atoms with Crippen LogP contribution in [-0.4, -0.2) is 42.5 Å². The molecule has 19 heavy (non-hydrogen) atoms. The van der Waals surface area contributed by atoms with Crippen LogP contribution in [0.25, 0.3) is 0 Å². The summed E-state index contributed by atoms with van der Waals surface area (Å²) in [4.78, 5) is 14.5. The summed E-state index contributed by atoms with van der Waals surface area (Å²) in [5, 5.41) is 3.04. The largest absolute Gasteiger partial charge is 0.354 e. The number of amides is 1. The summed E-state index contributed by atoms with van der Waals surface area (Å²) < 4.78 is 0. The predicted octanol–water partition coefficient (Wildman–Crippen LogP) is 1.21. The van der Waals surface area contributed by atoms with Crippen molar-refractivity contribution < 1.29 is 4.79 Å². The molecule has 1 saturated heterocycles. The molecule has 1 amide bonds. The Kier molecular flexibility index (Phi) is 4.85. The Labute approximate surface area is 117 Å². The van der Waals surface area contributed by atoms with Crippen LogP contribution in [0, 0.1) is 17.8 Å². The van der Waals surface area contributed by atoms with Crippen LogP contribution in [-0.2, 0) is 4.79 Å². The minimum atomic E-state index is -0.0171. The Bertz CT molecular complexity index is 319. The molecule has 4 heteroatoms. The third-order valence-corrected chi connectivity index (χ3v) is 4.79. The molecule has 0 aromatic carbocycles. The molecule has 2 fully saturated rings. The van der Waals surface area contributed by atoms with E-state index in [2.05, 4.69) is 24.1 Å². The minimum Gasteiger partial charge on any atom is -0.354 e. The molecule has 3 N–H and O–H groups in total. The van der Waals surface area contributed by atoms with Gasteiger partial charge < -0.3 is 11.1 Å². The topological polar surface area (TPSA) is 58.4 Å². The van der Waals surface area contributed by atoms with Crippen LogP contribution in [0.3, 0.4) is 0 Å². The van der Waals surface area contributed by atoms with E-state index >= 15 is 0 Å². The van der Waals surface area contributed by atoms with Crippen molar-refractivity contribution in [1.29, 1.82) is 0 Å². The summed E-state index contributed by atoms with van der Waals surface area (Å²) in [5.74, 6) is 1.99. The fourth-order valence-electron chi connectivity index (χ4n) is 3.49. The summed E-state index contributed by atoms with van der Waals surface area (Å²) in [6.07, 6.45) is 3.70. The van der Waals surface area contributed by atoms with Crippen molar-refractivity contribution in [2.24, 2.45) is 23.5 Å². The Hall–Kier alpha value is -0.610. The molecule has 0 aromatic heterocycles. The molecule has 0 aromatic rings. The van der Waals surface area contributed by atoms with E-state index in [9.17, 15) is 4.79 Å². The van der Waals surface area contributed by atoms with Gasteiger partial charge in [-0.25, -0.2) is 0 Å². The molecule has 4 atom stereocenters. The van der Waals surface area contributed by atoms with Gasteiger partial charge in [-0.1, -0.05) is 20.3 Å². The molecule has 0 bridgehead atoms. The van der Waals surface area contributed by atoms with Gasteiger partial charge in [0.05, 0.1) is 6.04 Å². The van der Waals surface area contributed by atoms with Gasteiger partial charge in [-0.2, -0.15) is 0 Å². The molecule has 1 heterocycles. The van der Waals surface area contributed by atoms with Gasteiger partial charge in [0.25, 0.3) is 0 Å². The number of fused-ring (bicyclic) bond motifs is 1. The Morgan fingerprint density at radius 3 is 2.68 bits per heavy atom. The van der Waals surface area contributed by atoms with E-state index in [1.54, 1.807) is 0 Å². The number of likely N-dealkylation sites (tertiary alicyclic amines) is 1. The minimum absolute atomic E-state index is 0.0171. The van der Waals surface area contributed by atoms with Crippen molar-refractivity contribution in [3.63, 3.8) is 0 Å². The van der Waals surface area contributed by atoms with Crippen LogP contribution < -0.4 is 11.1 Å². The van der Waals surface area contributed by atoms with Crippen molar-refractivity contribution in [3.8, 4) is 0 Å². The van der Waals surface area contributed by atoms with Gasteiger partial charge in [0.1, 0.15) is 0 Å². The standard InChI is InChI=1S/C15H29N3O/c1-10(2)7-17-15(19)11(3)18-8-12-5-4-6-14(16)13(12)9-18/h10-14H,4-9,16H2,1-3H3,(H,17,19). The highest BCUT2D eigenvalue weighted by Gasteiger charge is 2.41. The average molecular weight is 267 g/mol. The van der Waals surface area contributed by atoms with E-state index < -0.39 is 0 Å². The van der Waals surface area contributed by atoms with Gasteiger partial charge in [-0.3, -0.25) is 9.69 Å². The number of hydrogen-bond acceptors (Lipinski definition) is 3. The number of nitrogens with one attached hydrogen (secondary N) is 1. The van der Waals surface area contributed by atoms with Crippen molar-refractivity contribution >= 4 is 5.91 Å². The first-order valence-corrected chi connectivity index (χ1v) is 7.76. The van der Waals surface area contributed by atoms with Gasteiger partial charge in [0, 0.05) is 25.7 Å². The zero-order chi connectivity index (χ0) is 14.0. The van der Waals surface area contributed by atoms with Crippen LogP contribution in [0.5, 0.6) is 0 Å². The van der Waals surface area contributed by atoms with E-state index in [0.29, 0.717) is 23.8 Å². The van der Waals surface area contributed by atoms with Crippen LogP contribution in [0.4, 0.5) is 0 Å². The van der Waals surface area contributed by atoms with E-state index in [1.807, 2.05) is 6.92 Å². The SMILES string of the molecule is CC(C)CNC(=O)C(C)N1CC2CCCC(N)C2C1. The Morgan fingerprint density at radius 2 is 2.05 bits per heavy atom. The first-order valence-electron chi connectivity index (χ1n) is 7.76. The monoisotopic (exact) mass is 267 g/mol. The second kappa shape index (κ2) is 6.23. The van der Waals surface area contributed by atoms with E-state index in [-0.39, 0.29) is 11.9 Å². The second-order valence-corrected chi connectivity index (χ2v) is 6.79. The normalized spacial score (nSPS) is 33.2. The van der Waals surface area contributed by atoms with Crippen LogP contribution in [0.1, 0.15) is 40.0 Å². The molecular weight excluding hydrogens is 238 g/mol. The zero-order valence-corrected chi connectivity index (χ0v) is 12.6.